The van der Waals surface area contributed by atoms with Gasteiger partial charge in [0.15, 0.2) is 0 Å². The van der Waals surface area contributed by atoms with E-state index >= 15 is 0 Å². The lowest BCUT2D eigenvalue weighted by atomic mass is 9.79. The van der Waals surface area contributed by atoms with Crippen LogP contribution in [0.4, 0.5) is 11.5 Å². The number of carbonyl (C=O) groups is 2. The number of carboxylic acids is 1. The minimum Gasteiger partial charge on any atom is -0.481 e. The van der Waals surface area contributed by atoms with Gasteiger partial charge in [-0.3, -0.25) is 14.6 Å². The average molecular weight is 397 g/mol. The fourth-order valence-electron chi connectivity index (χ4n) is 4.12. The summed E-state index contributed by atoms with van der Waals surface area (Å²) >= 11 is 0. The first-order valence-electron chi connectivity index (χ1n) is 9.76. The van der Waals surface area contributed by atoms with E-state index in [1.165, 1.54) is 6.33 Å². The van der Waals surface area contributed by atoms with Crippen LogP contribution in [0.2, 0.25) is 0 Å². The maximum atomic E-state index is 13.0. The quantitative estimate of drug-likeness (QED) is 0.803. The molecule has 1 saturated carbocycles. The molecule has 2 aromatic heterocycles. The number of carboxylic acid groups (broad SMARTS) is 1. The van der Waals surface area contributed by atoms with Crippen molar-refractivity contribution in [2.75, 3.05) is 23.8 Å². The van der Waals surface area contributed by atoms with Crippen LogP contribution in [0.5, 0.6) is 5.88 Å². The maximum Gasteiger partial charge on any atom is 0.303 e. The Hall–Kier alpha value is -3.23. The Kier molecular flexibility index (Phi) is 5.28. The van der Waals surface area contributed by atoms with Crippen LogP contribution in [0.15, 0.2) is 24.7 Å². The third-order valence-electron chi connectivity index (χ3n) is 5.67. The molecule has 3 heterocycles. The molecule has 0 aromatic carbocycles. The Balaban J connectivity index is 1.48. The number of aromatic nitrogens is 3. The molecular weight excluding hydrogens is 374 g/mol. The van der Waals surface area contributed by atoms with Crippen LogP contribution in [0.3, 0.4) is 0 Å². The van der Waals surface area contributed by atoms with Gasteiger partial charge in [-0.05, 0) is 43.7 Å². The largest absolute Gasteiger partial charge is 0.481 e. The Labute approximate surface area is 167 Å². The normalized spacial score (nSPS) is 21.8. The maximum absolute atomic E-state index is 13.0. The predicted octanol–water partition coefficient (Wildman–Crippen LogP) is 2.24. The van der Waals surface area contributed by atoms with Crippen molar-refractivity contribution in [3.8, 4) is 5.88 Å². The highest BCUT2D eigenvalue weighted by atomic mass is 16.5. The van der Waals surface area contributed by atoms with Gasteiger partial charge in [-0.25, -0.2) is 9.97 Å². The minimum absolute atomic E-state index is 0.0922. The Morgan fingerprint density at radius 2 is 2.00 bits per heavy atom. The Morgan fingerprint density at radius 1 is 1.21 bits per heavy atom. The molecule has 9 heteroatoms. The molecule has 2 aromatic rings. The zero-order valence-corrected chi connectivity index (χ0v) is 16.0. The summed E-state index contributed by atoms with van der Waals surface area (Å²) in [7, 11) is 0. The summed E-state index contributed by atoms with van der Waals surface area (Å²) in [6, 6.07) is 3.83. The SMILES string of the molecule is Nc1ncnc2c1C(=O)N(c1ccc([C@H]3CC[C@H](CC(=O)O)CC3)nc1)CCO2. The highest BCUT2D eigenvalue weighted by molar-refractivity contribution is 6.10. The number of ether oxygens (including phenoxy) is 1. The van der Waals surface area contributed by atoms with Crippen LogP contribution in [0.25, 0.3) is 0 Å². The number of carbonyl (C=O) groups excluding carboxylic acids is 1. The smallest absolute Gasteiger partial charge is 0.303 e. The van der Waals surface area contributed by atoms with Crippen LogP contribution in [0, 0.1) is 5.92 Å². The lowest BCUT2D eigenvalue weighted by Crippen LogP contribution is -2.33. The standard InChI is InChI=1S/C20H23N5O4/c21-18-17-19(24-11-23-18)29-8-7-25(20(17)28)14-5-6-15(22-10-14)13-3-1-12(2-4-13)9-16(26)27/h5-6,10-13H,1-4,7-9H2,(H,26,27)(H2,21,23,24)/t12-,13-. The molecule has 0 radical (unpaired) electrons. The molecule has 0 unspecified atom stereocenters. The second-order valence-electron chi connectivity index (χ2n) is 7.50. The molecule has 1 amide bonds. The summed E-state index contributed by atoms with van der Waals surface area (Å²) < 4.78 is 5.55. The molecule has 0 saturated heterocycles. The third kappa shape index (κ3) is 3.98. The van der Waals surface area contributed by atoms with E-state index in [2.05, 4.69) is 15.0 Å². The second kappa shape index (κ2) is 8.02. The van der Waals surface area contributed by atoms with Crippen LogP contribution >= 0.6 is 0 Å². The summed E-state index contributed by atoms with van der Waals surface area (Å²) in [5.74, 6) is -0.163. The number of nitrogen functional groups attached to an aromatic ring is 1. The number of hydrogen-bond acceptors (Lipinski definition) is 7. The molecule has 29 heavy (non-hydrogen) atoms. The van der Waals surface area contributed by atoms with Gasteiger partial charge in [-0.2, -0.15) is 0 Å². The van der Waals surface area contributed by atoms with Gasteiger partial charge < -0.3 is 20.5 Å². The molecule has 9 nitrogen and oxygen atoms in total. The van der Waals surface area contributed by atoms with Crippen molar-refractivity contribution >= 4 is 23.4 Å². The van der Waals surface area contributed by atoms with Crippen molar-refractivity contribution in [2.45, 2.75) is 38.0 Å². The van der Waals surface area contributed by atoms with Crippen molar-refractivity contribution in [3.05, 3.63) is 35.9 Å². The van der Waals surface area contributed by atoms with E-state index < -0.39 is 5.97 Å². The summed E-state index contributed by atoms with van der Waals surface area (Å²) in [4.78, 5) is 37.9. The fourth-order valence-corrected chi connectivity index (χ4v) is 4.12. The molecule has 3 N–H and O–H groups in total. The zero-order chi connectivity index (χ0) is 20.4. The van der Waals surface area contributed by atoms with E-state index in [-0.39, 0.29) is 35.5 Å². The third-order valence-corrected chi connectivity index (χ3v) is 5.67. The summed E-state index contributed by atoms with van der Waals surface area (Å²) in [5.41, 5.74) is 7.69. The second-order valence-corrected chi connectivity index (χ2v) is 7.50. The molecule has 1 aliphatic heterocycles. The molecule has 0 atom stereocenters. The number of nitrogens with two attached hydrogens (primary N) is 1. The average Bonchev–Trinajstić information content (AvgIpc) is 2.88. The zero-order valence-electron chi connectivity index (χ0n) is 16.0. The number of rotatable bonds is 4. The highest BCUT2D eigenvalue weighted by Gasteiger charge is 2.29. The van der Waals surface area contributed by atoms with Crippen molar-refractivity contribution in [2.24, 2.45) is 5.92 Å². The number of amides is 1. The molecule has 152 valence electrons. The number of hydrogen-bond donors (Lipinski definition) is 2. The molecule has 4 rings (SSSR count). The van der Waals surface area contributed by atoms with Gasteiger partial charge in [0.2, 0.25) is 5.88 Å². The summed E-state index contributed by atoms with van der Waals surface area (Å²) in [6.45, 7) is 0.653. The van der Waals surface area contributed by atoms with Crippen molar-refractivity contribution in [3.63, 3.8) is 0 Å². The first-order chi connectivity index (χ1) is 14.0. The number of anilines is 2. The lowest BCUT2D eigenvalue weighted by molar-refractivity contribution is -0.138. The van der Waals surface area contributed by atoms with Crippen LogP contribution < -0.4 is 15.4 Å². The molecule has 0 bridgehead atoms. The topological polar surface area (TPSA) is 132 Å². The first kappa shape index (κ1) is 19.1. The summed E-state index contributed by atoms with van der Waals surface area (Å²) in [6.07, 6.45) is 6.88. The Morgan fingerprint density at radius 3 is 2.69 bits per heavy atom. The van der Waals surface area contributed by atoms with Gasteiger partial charge in [0.05, 0.1) is 18.4 Å². The van der Waals surface area contributed by atoms with Crippen molar-refractivity contribution < 1.29 is 19.4 Å². The molecule has 2 aliphatic rings. The number of fused-ring (bicyclic) bond motifs is 1. The van der Waals surface area contributed by atoms with Crippen LogP contribution in [-0.2, 0) is 4.79 Å². The van der Waals surface area contributed by atoms with E-state index in [4.69, 9.17) is 15.6 Å². The van der Waals surface area contributed by atoms with E-state index in [1.807, 2.05) is 12.1 Å². The van der Waals surface area contributed by atoms with Gasteiger partial charge in [0.1, 0.15) is 24.3 Å². The molecule has 1 fully saturated rings. The highest BCUT2D eigenvalue weighted by Crippen LogP contribution is 2.37. The minimum atomic E-state index is -0.727. The van der Waals surface area contributed by atoms with E-state index in [0.717, 1.165) is 31.4 Å². The summed E-state index contributed by atoms with van der Waals surface area (Å²) in [5, 5.41) is 8.95. The van der Waals surface area contributed by atoms with Gasteiger partial charge in [-0.15, -0.1) is 0 Å². The molecular formula is C20H23N5O4. The van der Waals surface area contributed by atoms with Gasteiger partial charge in [-0.1, -0.05) is 0 Å². The number of nitrogens with zero attached hydrogens (tertiary/aromatic N) is 4. The van der Waals surface area contributed by atoms with Crippen molar-refractivity contribution in [1.29, 1.82) is 0 Å². The first-order valence-corrected chi connectivity index (χ1v) is 9.76. The van der Waals surface area contributed by atoms with Gasteiger partial charge in [0.25, 0.3) is 5.91 Å². The van der Waals surface area contributed by atoms with E-state index in [0.29, 0.717) is 24.8 Å². The lowest BCUT2D eigenvalue weighted by Gasteiger charge is -2.27. The van der Waals surface area contributed by atoms with Gasteiger partial charge >= 0.3 is 5.97 Å². The van der Waals surface area contributed by atoms with E-state index in [9.17, 15) is 9.59 Å². The van der Waals surface area contributed by atoms with Crippen LogP contribution in [0.1, 0.15) is 54.1 Å². The van der Waals surface area contributed by atoms with Crippen molar-refractivity contribution in [1.82, 2.24) is 15.0 Å². The van der Waals surface area contributed by atoms with Gasteiger partial charge in [0, 0.05) is 18.0 Å². The Bertz CT molecular complexity index is 910. The molecule has 0 spiro atoms. The van der Waals surface area contributed by atoms with Crippen LogP contribution in [-0.4, -0.2) is 45.1 Å². The monoisotopic (exact) mass is 397 g/mol. The predicted molar refractivity (Wildman–Crippen MR) is 105 cm³/mol. The number of pyridine rings is 1. The molecule has 1 aliphatic carbocycles. The van der Waals surface area contributed by atoms with E-state index in [1.54, 1.807) is 11.1 Å². The fraction of sp³-hybridized carbons (Fsp3) is 0.450. The number of aliphatic carboxylic acids is 1.